The van der Waals surface area contributed by atoms with E-state index in [1.807, 2.05) is 0 Å². The van der Waals surface area contributed by atoms with Gasteiger partial charge in [0.15, 0.2) is 11.5 Å². The summed E-state index contributed by atoms with van der Waals surface area (Å²) in [5.74, 6) is 0.388. The van der Waals surface area contributed by atoms with E-state index >= 15 is 0 Å². The number of benzene rings is 2. The summed E-state index contributed by atoms with van der Waals surface area (Å²) in [5, 5.41) is 13.1. The summed E-state index contributed by atoms with van der Waals surface area (Å²) >= 11 is 0. The molecule has 0 atom stereocenters. The Bertz CT molecular complexity index is 975. The summed E-state index contributed by atoms with van der Waals surface area (Å²) in [6.45, 7) is 0. The second kappa shape index (κ2) is 7.95. The van der Waals surface area contributed by atoms with Gasteiger partial charge in [0, 0.05) is 17.4 Å². The number of halogens is 3. The molecule has 0 spiro atoms. The minimum Gasteiger partial charge on any atom is -0.497 e. The van der Waals surface area contributed by atoms with Gasteiger partial charge in [-0.15, -0.1) is 10.2 Å². The molecule has 1 amide bonds. The van der Waals surface area contributed by atoms with Crippen molar-refractivity contribution in [2.24, 2.45) is 0 Å². The van der Waals surface area contributed by atoms with Crippen molar-refractivity contribution in [2.75, 3.05) is 17.7 Å². The number of carbonyl (C=O) groups is 1. The number of anilines is 3. The second-order valence-electron chi connectivity index (χ2n) is 5.69. The van der Waals surface area contributed by atoms with Crippen LogP contribution in [0.25, 0.3) is 0 Å². The molecule has 0 radical (unpaired) electrons. The SMILES string of the molecule is COc1cccc(Nc2ccc(C(=O)Nc3cccc(C(F)(F)F)c3)nn2)c1. The monoisotopic (exact) mass is 388 g/mol. The van der Waals surface area contributed by atoms with Gasteiger partial charge in [-0.25, -0.2) is 0 Å². The van der Waals surface area contributed by atoms with Crippen molar-refractivity contribution in [1.29, 1.82) is 0 Å². The van der Waals surface area contributed by atoms with Crippen LogP contribution in [0.15, 0.2) is 60.7 Å². The average Bonchev–Trinajstić information content (AvgIpc) is 2.68. The van der Waals surface area contributed by atoms with E-state index in [4.69, 9.17) is 4.74 Å². The molecule has 2 N–H and O–H groups in total. The Kier molecular flexibility index (Phi) is 5.44. The number of aromatic nitrogens is 2. The fraction of sp³-hybridized carbons (Fsp3) is 0.105. The normalized spacial score (nSPS) is 11.0. The van der Waals surface area contributed by atoms with E-state index < -0.39 is 17.6 Å². The number of ether oxygens (including phenoxy) is 1. The number of methoxy groups -OCH3 is 1. The van der Waals surface area contributed by atoms with Gasteiger partial charge < -0.3 is 15.4 Å². The molecule has 0 saturated carbocycles. The molecule has 2 aromatic carbocycles. The summed E-state index contributed by atoms with van der Waals surface area (Å²) in [7, 11) is 1.55. The number of amides is 1. The first-order chi connectivity index (χ1) is 13.3. The zero-order chi connectivity index (χ0) is 20.1. The molecule has 0 fully saturated rings. The first kappa shape index (κ1) is 19.2. The number of hydrogen-bond donors (Lipinski definition) is 2. The summed E-state index contributed by atoms with van der Waals surface area (Å²) in [6.07, 6.45) is -4.49. The number of nitrogens with zero attached hydrogens (tertiary/aromatic N) is 2. The maximum absolute atomic E-state index is 12.7. The van der Waals surface area contributed by atoms with E-state index in [9.17, 15) is 18.0 Å². The maximum atomic E-state index is 12.7. The van der Waals surface area contributed by atoms with Crippen molar-refractivity contribution in [1.82, 2.24) is 10.2 Å². The number of hydrogen-bond acceptors (Lipinski definition) is 5. The molecule has 3 rings (SSSR count). The average molecular weight is 388 g/mol. The third-order valence-electron chi connectivity index (χ3n) is 3.69. The number of rotatable bonds is 5. The molecule has 0 aliphatic heterocycles. The van der Waals surface area contributed by atoms with Crippen molar-refractivity contribution >= 4 is 23.1 Å². The highest BCUT2D eigenvalue weighted by atomic mass is 19.4. The highest BCUT2D eigenvalue weighted by Crippen LogP contribution is 2.30. The topological polar surface area (TPSA) is 76.1 Å². The zero-order valence-electron chi connectivity index (χ0n) is 14.6. The van der Waals surface area contributed by atoms with Gasteiger partial charge in [-0.2, -0.15) is 13.2 Å². The quantitative estimate of drug-likeness (QED) is 0.673. The Hall–Kier alpha value is -3.62. The van der Waals surface area contributed by atoms with Crippen LogP contribution in [-0.2, 0) is 6.18 Å². The van der Waals surface area contributed by atoms with Crippen LogP contribution in [0, 0.1) is 0 Å². The molecule has 6 nitrogen and oxygen atoms in total. The van der Waals surface area contributed by atoms with Gasteiger partial charge in [0.05, 0.1) is 12.7 Å². The molecule has 144 valence electrons. The van der Waals surface area contributed by atoms with Gasteiger partial charge >= 0.3 is 6.18 Å². The van der Waals surface area contributed by atoms with Crippen molar-refractivity contribution < 1.29 is 22.7 Å². The van der Waals surface area contributed by atoms with Crippen LogP contribution in [0.5, 0.6) is 5.75 Å². The molecular weight excluding hydrogens is 373 g/mol. The lowest BCUT2D eigenvalue weighted by molar-refractivity contribution is -0.137. The third-order valence-corrected chi connectivity index (χ3v) is 3.69. The minimum atomic E-state index is -4.49. The Morgan fingerprint density at radius 3 is 2.39 bits per heavy atom. The van der Waals surface area contributed by atoms with E-state index in [-0.39, 0.29) is 11.4 Å². The van der Waals surface area contributed by atoms with Crippen LogP contribution >= 0.6 is 0 Å². The molecule has 1 heterocycles. The standard InChI is InChI=1S/C19H15F3N4O2/c1-28-15-7-3-6-14(11-15)23-17-9-8-16(25-26-17)18(27)24-13-5-2-4-12(10-13)19(20,21)22/h2-11H,1H3,(H,23,26)(H,24,27). The fourth-order valence-corrected chi connectivity index (χ4v) is 2.34. The molecule has 1 aromatic heterocycles. The molecule has 0 aliphatic rings. The lowest BCUT2D eigenvalue weighted by atomic mass is 10.2. The Morgan fingerprint density at radius 1 is 0.964 bits per heavy atom. The lowest BCUT2D eigenvalue weighted by Crippen LogP contribution is -2.15. The van der Waals surface area contributed by atoms with E-state index in [1.54, 1.807) is 31.4 Å². The van der Waals surface area contributed by atoms with Crippen molar-refractivity contribution in [3.63, 3.8) is 0 Å². The molecule has 0 aliphatic carbocycles. The molecule has 0 saturated heterocycles. The predicted molar refractivity (Wildman–Crippen MR) is 97.7 cm³/mol. The fourth-order valence-electron chi connectivity index (χ4n) is 2.34. The van der Waals surface area contributed by atoms with Gasteiger partial charge in [0.2, 0.25) is 0 Å². The molecule has 0 unspecified atom stereocenters. The number of nitrogens with one attached hydrogen (secondary N) is 2. The van der Waals surface area contributed by atoms with E-state index in [0.29, 0.717) is 11.6 Å². The number of carbonyl (C=O) groups excluding carboxylic acids is 1. The van der Waals surface area contributed by atoms with Gasteiger partial charge in [-0.3, -0.25) is 4.79 Å². The van der Waals surface area contributed by atoms with Crippen LogP contribution < -0.4 is 15.4 Å². The first-order valence-electron chi connectivity index (χ1n) is 8.08. The first-order valence-corrected chi connectivity index (χ1v) is 8.08. The van der Waals surface area contributed by atoms with Gasteiger partial charge in [0.25, 0.3) is 5.91 Å². The van der Waals surface area contributed by atoms with Gasteiger partial charge in [-0.05, 0) is 42.5 Å². The minimum absolute atomic E-state index is 0.0141. The molecule has 28 heavy (non-hydrogen) atoms. The maximum Gasteiger partial charge on any atom is 0.416 e. The summed E-state index contributed by atoms with van der Waals surface area (Å²) in [5.41, 5.74) is -0.155. The van der Waals surface area contributed by atoms with Gasteiger partial charge in [-0.1, -0.05) is 12.1 Å². The second-order valence-corrected chi connectivity index (χ2v) is 5.69. The smallest absolute Gasteiger partial charge is 0.416 e. The third kappa shape index (κ3) is 4.76. The van der Waals surface area contributed by atoms with Crippen molar-refractivity contribution in [3.05, 3.63) is 71.9 Å². The van der Waals surface area contributed by atoms with E-state index in [0.717, 1.165) is 17.8 Å². The highest BCUT2D eigenvalue weighted by Gasteiger charge is 2.30. The molecule has 3 aromatic rings. The van der Waals surface area contributed by atoms with Crippen LogP contribution in [0.4, 0.5) is 30.4 Å². The Morgan fingerprint density at radius 2 is 1.71 bits per heavy atom. The van der Waals surface area contributed by atoms with Gasteiger partial charge in [0.1, 0.15) is 5.75 Å². The molecule has 9 heteroatoms. The zero-order valence-corrected chi connectivity index (χ0v) is 14.6. The largest absolute Gasteiger partial charge is 0.497 e. The van der Waals surface area contributed by atoms with E-state index in [1.165, 1.54) is 24.3 Å². The van der Waals surface area contributed by atoms with Crippen molar-refractivity contribution in [3.8, 4) is 5.75 Å². The summed E-state index contributed by atoms with van der Waals surface area (Å²) in [6, 6.07) is 14.5. The highest BCUT2D eigenvalue weighted by molar-refractivity contribution is 6.02. The van der Waals surface area contributed by atoms with Crippen LogP contribution in [0.2, 0.25) is 0 Å². The summed E-state index contributed by atoms with van der Waals surface area (Å²) < 4.78 is 43.4. The number of alkyl halides is 3. The summed E-state index contributed by atoms with van der Waals surface area (Å²) in [4.78, 5) is 12.2. The Balaban J connectivity index is 1.68. The molecule has 0 bridgehead atoms. The Labute approximate surface area is 158 Å². The van der Waals surface area contributed by atoms with Crippen LogP contribution in [0.3, 0.4) is 0 Å². The van der Waals surface area contributed by atoms with Crippen molar-refractivity contribution in [2.45, 2.75) is 6.18 Å². The van der Waals surface area contributed by atoms with E-state index in [2.05, 4.69) is 20.8 Å². The van der Waals surface area contributed by atoms with Crippen LogP contribution in [0.1, 0.15) is 16.1 Å². The molecular formula is C19H15F3N4O2. The predicted octanol–water partition coefficient (Wildman–Crippen LogP) is 4.50. The lowest BCUT2D eigenvalue weighted by Gasteiger charge is -2.10. The van der Waals surface area contributed by atoms with Crippen LogP contribution in [-0.4, -0.2) is 23.2 Å².